The molecule has 0 amide bonds. The van der Waals surface area contributed by atoms with Crippen molar-refractivity contribution in [3.05, 3.63) is 52.3 Å². The Kier molecular flexibility index (Phi) is 6.05. The third-order valence-electron chi connectivity index (χ3n) is 9.56. The zero-order valence-corrected chi connectivity index (χ0v) is 22.8. The Labute approximate surface area is 227 Å². The van der Waals surface area contributed by atoms with Crippen LogP contribution in [0.4, 0.5) is 5.82 Å². The van der Waals surface area contributed by atoms with Crippen LogP contribution in [0.25, 0.3) is 22.8 Å². The van der Waals surface area contributed by atoms with Crippen molar-refractivity contribution < 1.29 is 4.52 Å². The normalized spacial score (nSPS) is 23.4. The summed E-state index contributed by atoms with van der Waals surface area (Å²) >= 11 is 0. The summed E-state index contributed by atoms with van der Waals surface area (Å²) in [6.07, 6.45) is 10.9. The fraction of sp³-hybridized carbons (Fsp3) is 0.567. The van der Waals surface area contributed by atoms with Crippen LogP contribution in [0.1, 0.15) is 83.0 Å². The van der Waals surface area contributed by atoms with Gasteiger partial charge in [-0.2, -0.15) is 0 Å². The van der Waals surface area contributed by atoms with E-state index in [1.54, 1.807) is 0 Å². The molecule has 0 bridgehead atoms. The summed E-state index contributed by atoms with van der Waals surface area (Å²) in [5.74, 6) is 3.81. The Morgan fingerprint density at radius 3 is 2.49 bits per heavy atom. The Balaban J connectivity index is 1.40. The van der Waals surface area contributed by atoms with E-state index >= 15 is 0 Å². The minimum absolute atomic E-state index is 0.108. The number of aromatic nitrogens is 6. The molecule has 9 nitrogen and oxygen atoms in total. The molecule has 0 aliphatic heterocycles. The van der Waals surface area contributed by atoms with Crippen LogP contribution in [-0.2, 0) is 12.0 Å². The van der Waals surface area contributed by atoms with E-state index in [0.29, 0.717) is 23.3 Å². The molecule has 3 aromatic heterocycles. The first kappa shape index (κ1) is 24.5. The number of hydrogen-bond donors (Lipinski definition) is 2. The van der Waals surface area contributed by atoms with Crippen LogP contribution in [0.3, 0.4) is 0 Å². The van der Waals surface area contributed by atoms with Gasteiger partial charge in [0.05, 0.1) is 5.41 Å². The van der Waals surface area contributed by atoms with Gasteiger partial charge in [-0.05, 0) is 68.8 Å². The van der Waals surface area contributed by atoms with E-state index < -0.39 is 5.76 Å². The summed E-state index contributed by atoms with van der Waals surface area (Å²) in [6.45, 7) is 5.53. The second kappa shape index (κ2) is 9.61. The van der Waals surface area contributed by atoms with Gasteiger partial charge in [0.1, 0.15) is 11.3 Å². The molecule has 9 heteroatoms. The third-order valence-corrected chi connectivity index (χ3v) is 9.56. The Hall–Kier alpha value is -3.49. The Morgan fingerprint density at radius 2 is 1.85 bits per heavy atom. The van der Waals surface area contributed by atoms with Crippen molar-refractivity contribution in [2.45, 2.75) is 89.6 Å². The molecular formula is C30H37N7O2. The Morgan fingerprint density at radius 1 is 1.08 bits per heavy atom. The summed E-state index contributed by atoms with van der Waals surface area (Å²) in [7, 11) is 0. The van der Waals surface area contributed by atoms with Crippen molar-refractivity contribution in [1.82, 2.24) is 29.7 Å². The third kappa shape index (κ3) is 4.45. The minimum Gasteiger partial charge on any atom is -0.365 e. The van der Waals surface area contributed by atoms with E-state index in [9.17, 15) is 4.79 Å². The summed E-state index contributed by atoms with van der Waals surface area (Å²) in [5.41, 5.74) is 2.81. The van der Waals surface area contributed by atoms with Gasteiger partial charge in [0.25, 0.3) is 0 Å². The molecule has 0 unspecified atom stereocenters. The van der Waals surface area contributed by atoms with Gasteiger partial charge in [-0.15, -0.1) is 0 Å². The number of H-pyrrole nitrogens is 1. The van der Waals surface area contributed by atoms with Crippen molar-refractivity contribution >= 4 is 17.0 Å². The molecule has 4 aromatic rings. The van der Waals surface area contributed by atoms with Gasteiger partial charge in [-0.1, -0.05) is 61.7 Å². The first-order valence-corrected chi connectivity index (χ1v) is 14.7. The number of anilines is 1. The average molecular weight is 528 g/mol. The number of imidazole rings is 1. The van der Waals surface area contributed by atoms with Crippen LogP contribution in [0.2, 0.25) is 0 Å². The van der Waals surface area contributed by atoms with Crippen molar-refractivity contribution in [3.63, 3.8) is 0 Å². The molecule has 0 saturated heterocycles. The van der Waals surface area contributed by atoms with Crippen LogP contribution in [-0.4, -0.2) is 35.7 Å². The standard InChI is InChI=1S/C30H37N7O2/c1-18-11-13-20(14-12-18)17-37-23-24(31-19(2)21-7-6-8-21)32-26(27-35-29(38)39-36-27)33-25(23)34-28(37)30(15-16-30)22-9-4-3-5-10-22/h3-5,9-10,18-21H,6-8,11-17H2,1-2H3,(H,31,32,33)(H,35,36,38)/t18-,19-,20-/m1/s1. The zero-order chi connectivity index (χ0) is 26.6. The largest absolute Gasteiger partial charge is 0.439 e. The molecule has 1 aromatic carbocycles. The van der Waals surface area contributed by atoms with E-state index in [2.05, 4.69) is 64.2 Å². The van der Waals surface area contributed by atoms with Crippen molar-refractivity contribution in [3.8, 4) is 11.6 Å². The number of benzene rings is 1. The van der Waals surface area contributed by atoms with Gasteiger partial charge in [0, 0.05) is 12.6 Å². The lowest BCUT2D eigenvalue weighted by Crippen LogP contribution is -2.31. The van der Waals surface area contributed by atoms with Crippen LogP contribution in [0.15, 0.2) is 39.6 Å². The topological polar surface area (TPSA) is 115 Å². The highest BCUT2D eigenvalue weighted by Crippen LogP contribution is 2.54. The minimum atomic E-state index is -0.621. The van der Waals surface area contributed by atoms with Crippen LogP contribution >= 0.6 is 0 Å². The van der Waals surface area contributed by atoms with E-state index in [-0.39, 0.29) is 17.3 Å². The molecule has 0 spiro atoms. The average Bonchev–Trinajstić information content (AvgIpc) is 3.46. The molecule has 3 saturated carbocycles. The van der Waals surface area contributed by atoms with E-state index in [1.807, 2.05) is 0 Å². The lowest BCUT2D eigenvalue weighted by atomic mass is 9.80. The molecule has 3 heterocycles. The summed E-state index contributed by atoms with van der Waals surface area (Å²) in [6, 6.07) is 11.1. The summed E-state index contributed by atoms with van der Waals surface area (Å²) in [4.78, 5) is 29.4. The molecule has 39 heavy (non-hydrogen) atoms. The van der Waals surface area contributed by atoms with Crippen LogP contribution in [0.5, 0.6) is 0 Å². The van der Waals surface area contributed by atoms with Gasteiger partial charge in [-0.3, -0.25) is 9.51 Å². The zero-order valence-electron chi connectivity index (χ0n) is 22.8. The number of nitrogens with one attached hydrogen (secondary N) is 2. The quantitative estimate of drug-likeness (QED) is 0.303. The monoisotopic (exact) mass is 527 g/mol. The fourth-order valence-electron chi connectivity index (χ4n) is 6.68. The highest BCUT2D eigenvalue weighted by atomic mass is 16.5. The number of fused-ring (bicyclic) bond motifs is 1. The lowest BCUT2D eigenvalue weighted by molar-refractivity contribution is 0.264. The van der Waals surface area contributed by atoms with Gasteiger partial charge in [0.2, 0.25) is 11.6 Å². The molecular weight excluding hydrogens is 490 g/mol. The van der Waals surface area contributed by atoms with E-state index in [1.165, 1.54) is 50.5 Å². The summed E-state index contributed by atoms with van der Waals surface area (Å²) < 4.78 is 7.24. The lowest BCUT2D eigenvalue weighted by Gasteiger charge is -2.32. The van der Waals surface area contributed by atoms with Crippen molar-refractivity contribution in [2.75, 3.05) is 5.32 Å². The predicted octanol–water partition coefficient (Wildman–Crippen LogP) is 5.68. The van der Waals surface area contributed by atoms with Crippen LogP contribution in [0, 0.1) is 17.8 Å². The molecule has 3 fully saturated rings. The Bertz CT molecular complexity index is 1520. The maximum atomic E-state index is 11.7. The maximum Gasteiger partial charge on any atom is 0.439 e. The number of aromatic amines is 1. The van der Waals surface area contributed by atoms with Gasteiger partial charge in [-0.25, -0.2) is 19.7 Å². The second-order valence-corrected chi connectivity index (χ2v) is 12.3. The molecule has 2 N–H and O–H groups in total. The number of rotatable bonds is 8. The first-order chi connectivity index (χ1) is 19.0. The molecule has 3 aliphatic rings. The summed E-state index contributed by atoms with van der Waals surface area (Å²) in [5, 5.41) is 7.63. The highest BCUT2D eigenvalue weighted by Gasteiger charge is 2.50. The second-order valence-electron chi connectivity index (χ2n) is 12.3. The first-order valence-electron chi connectivity index (χ1n) is 14.7. The van der Waals surface area contributed by atoms with Gasteiger partial charge in [0.15, 0.2) is 11.5 Å². The van der Waals surface area contributed by atoms with Gasteiger partial charge < -0.3 is 9.88 Å². The molecule has 1 atom stereocenters. The fourth-order valence-corrected chi connectivity index (χ4v) is 6.68. The number of hydrogen-bond acceptors (Lipinski definition) is 7. The smallest absolute Gasteiger partial charge is 0.365 e. The van der Waals surface area contributed by atoms with E-state index in [0.717, 1.165) is 42.5 Å². The molecule has 0 radical (unpaired) electrons. The maximum absolute atomic E-state index is 11.7. The molecule has 3 aliphatic carbocycles. The van der Waals surface area contributed by atoms with Crippen molar-refractivity contribution in [1.29, 1.82) is 0 Å². The highest BCUT2D eigenvalue weighted by molar-refractivity contribution is 5.86. The molecule has 7 rings (SSSR count). The molecule has 204 valence electrons. The number of nitrogens with zero attached hydrogens (tertiary/aromatic N) is 5. The van der Waals surface area contributed by atoms with Crippen LogP contribution < -0.4 is 11.1 Å². The van der Waals surface area contributed by atoms with Crippen molar-refractivity contribution in [2.24, 2.45) is 17.8 Å². The van der Waals surface area contributed by atoms with E-state index in [4.69, 9.17) is 19.5 Å². The predicted molar refractivity (Wildman–Crippen MR) is 149 cm³/mol. The SMILES string of the molecule is C[C@@H](Nc1nc(-c2noc(=O)[nH]2)nc2nc(C3(c4ccccc4)CC3)n(C[C@H]3CC[C@H](C)CC3)c12)C1CCC1. The van der Waals surface area contributed by atoms with Gasteiger partial charge >= 0.3 is 5.76 Å².